The normalized spacial score (nSPS) is 15.2. The molecule has 1 aliphatic rings. The maximum Gasteiger partial charge on any atom is 0.390 e. The van der Waals surface area contributed by atoms with Crippen LogP contribution in [0.4, 0.5) is 18.9 Å². The lowest BCUT2D eigenvalue weighted by Crippen LogP contribution is -2.43. The monoisotopic (exact) mass is 513 g/mol. The molecular weight excluding hydrogens is 483 g/mol. The Bertz CT molecular complexity index is 1290. The van der Waals surface area contributed by atoms with Crippen molar-refractivity contribution in [3.05, 3.63) is 72.7 Å². The molecule has 1 amide bonds. The van der Waals surface area contributed by atoms with Crippen LogP contribution in [0.1, 0.15) is 44.7 Å². The molecule has 4 N–H and O–H groups in total. The summed E-state index contributed by atoms with van der Waals surface area (Å²) in [5.41, 5.74) is 7.78. The van der Waals surface area contributed by atoms with Gasteiger partial charge in [-0.05, 0) is 37.0 Å². The van der Waals surface area contributed by atoms with Crippen LogP contribution in [0, 0.1) is 0 Å². The number of carbonyl (C=O) groups excluding carboxylic acids is 1. The molecule has 1 aliphatic carbocycles. The number of rotatable bonds is 11. The van der Waals surface area contributed by atoms with Crippen molar-refractivity contribution in [1.29, 1.82) is 0 Å². The molecule has 1 aromatic carbocycles. The Balaban J connectivity index is 1.63. The zero-order valence-electron chi connectivity index (χ0n) is 20.5. The van der Waals surface area contributed by atoms with E-state index in [2.05, 4.69) is 15.6 Å². The van der Waals surface area contributed by atoms with Crippen molar-refractivity contribution in [2.75, 3.05) is 11.9 Å². The number of fused-ring (bicyclic) bond motifs is 1. The van der Waals surface area contributed by atoms with Gasteiger partial charge >= 0.3 is 6.18 Å². The number of allylic oxidation sites excluding steroid dienone is 3. The number of benzene rings is 1. The number of nitrogens with one attached hydrogen (secondary N) is 2. The summed E-state index contributed by atoms with van der Waals surface area (Å²) in [7, 11) is 0. The topological polar surface area (TPSA) is 93.7 Å². The summed E-state index contributed by atoms with van der Waals surface area (Å²) < 4.78 is 46.1. The fourth-order valence-electron chi connectivity index (χ4n) is 3.78. The lowest BCUT2D eigenvalue weighted by Gasteiger charge is -2.14. The van der Waals surface area contributed by atoms with Gasteiger partial charge in [-0.2, -0.15) is 13.2 Å². The van der Waals surface area contributed by atoms with Gasteiger partial charge < -0.3 is 21.1 Å². The van der Waals surface area contributed by atoms with Crippen LogP contribution in [0.15, 0.2) is 67.0 Å². The first-order valence-electron chi connectivity index (χ1n) is 12.2. The van der Waals surface area contributed by atoms with E-state index in [1.165, 1.54) is 0 Å². The highest BCUT2D eigenvalue weighted by Gasteiger charge is 2.39. The van der Waals surface area contributed by atoms with Crippen molar-refractivity contribution < 1.29 is 22.7 Å². The predicted molar refractivity (Wildman–Crippen MR) is 137 cm³/mol. The van der Waals surface area contributed by atoms with Gasteiger partial charge in [0.15, 0.2) is 5.65 Å². The van der Waals surface area contributed by atoms with E-state index in [0.717, 1.165) is 24.8 Å². The lowest BCUT2D eigenvalue weighted by molar-refractivity contribution is -0.131. The van der Waals surface area contributed by atoms with Crippen LogP contribution in [0.2, 0.25) is 0 Å². The van der Waals surface area contributed by atoms with Crippen molar-refractivity contribution >= 4 is 22.8 Å². The summed E-state index contributed by atoms with van der Waals surface area (Å²) >= 11 is 0. The Labute approximate surface area is 213 Å². The van der Waals surface area contributed by atoms with Gasteiger partial charge in [-0.15, -0.1) is 0 Å². The summed E-state index contributed by atoms with van der Waals surface area (Å²) in [6.07, 6.45) is 6.17. The smallest absolute Gasteiger partial charge is 0.390 e. The summed E-state index contributed by atoms with van der Waals surface area (Å²) in [4.78, 5) is 16.7. The molecule has 4 rings (SSSR count). The van der Waals surface area contributed by atoms with Crippen LogP contribution in [0.5, 0.6) is 11.5 Å². The molecule has 2 aromatic heterocycles. The third-order valence-corrected chi connectivity index (χ3v) is 5.78. The number of alkyl halides is 3. The first-order chi connectivity index (χ1) is 17.7. The number of anilines is 1. The number of aromatic nitrogens is 2. The Morgan fingerprint density at radius 1 is 1.24 bits per heavy atom. The number of imidazole rings is 1. The molecule has 196 valence electrons. The molecule has 0 spiro atoms. The summed E-state index contributed by atoms with van der Waals surface area (Å²) in [6, 6.07) is 10.7. The van der Waals surface area contributed by atoms with E-state index < -0.39 is 18.3 Å². The number of ether oxygens (including phenoxy) is 1. The molecule has 3 aromatic rings. The zero-order valence-corrected chi connectivity index (χ0v) is 20.5. The maximum atomic E-state index is 12.8. The van der Waals surface area contributed by atoms with Gasteiger partial charge in [0.2, 0.25) is 5.91 Å². The summed E-state index contributed by atoms with van der Waals surface area (Å²) in [5, 5.41) is 5.67. The number of nitrogens with two attached hydrogens (primary N) is 1. The Morgan fingerprint density at radius 2 is 2.00 bits per heavy atom. The molecule has 0 aliphatic heterocycles. The SMILES string of the molecule is CCC=C(C=CCC(=O)NC1(N)CC1)c1cnc2c(NCCC(F)(F)F)cc(Oc3ccccc3)cn12. The lowest BCUT2D eigenvalue weighted by atomic mass is 10.1. The third-order valence-electron chi connectivity index (χ3n) is 5.78. The van der Waals surface area contributed by atoms with Crippen molar-refractivity contribution in [2.24, 2.45) is 5.73 Å². The van der Waals surface area contributed by atoms with Crippen LogP contribution in [0.3, 0.4) is 0 Å². The van der Waals surface area contributed by atoms with Crippen molar-refractivity contribution in [2.45, 2.75) is 50.9 Å². The Morgan fingerprint density at radius 3 is 2.68 bits per heavy atom. The zero-order chi connectivity index (χ0) is 26.5. The number of hydrogen-bond donors (Lipinski definition) is 3. The molecular formula is C27H30F3N5O2. The van der Waals surface area contributed by atoms with E-state index in [1.54, 1.807) is 41.1 Å². The predicted octanol–water partition coefficient (Wildman–Crippen LogP) is 5.80. The maximum absolute atomic E-state index is 12.8. The van der Waals surface area contributed by atoms with Crippen molar-refractivity contribution in [1.82, 2.24) is 14.7 Å². The second kappa shape index (κ2) is 11.1. The largest absolute Gasteiger partial charge is 0.456 e. The number of para-hydroxylation sites is 1. The van der Waals surface area contributed by atoms with Crippen LogP contribution in [-0.2, 0) is 4.79 Å². The minimum atomic E-state index is -4.28. The average molecular weight is 514 g/mol. The number of nitrogens with zero attached hydrogens (tertiary/aromatic N) is 2. The average Bonchev–Trinajstić information content (AvgIpc) is 3.40. The van der Waals surface area contributed by atoms with Crippen LogP contribution in [-0.4, -0.2) is 33.7 Å². The molecule has 0 unspecified atom stereocenters. The second-order valence-corrected chi connectivity index (χ2v) is 9.01. The summed E-state index contributed by atoms with van der Waals surface area (Å²) in [6.45, 7) is 1.69. The van der Waals surface area contributed by atoms with Gasteiger partial charge in [0.05, 0.1) is 35.9 Å². The molecule has 0 bridgehead atoms. The highest BCUT2D eigenvalue weighted by atomic mass is 19.4. The Hall–Kier alpha value is -3.79. The third kappa shape index (κ3) is 7.36. The van der Waals surface area contributed by atoms with E-state index in [-0.39, 0.29) is 18.9 Å². The van der Waals surface area contributed by atoms with E-state index in [0.29, 0.717) is 28.5 Å². The van der Waals surface area contributed by atoms with E-state index in [4.69, 9.17) is 10.5 Å². The van der Waals surface area contributed by atoms with Gasteiger partial charge in [-0.1, -0.05) is 43.4 Å². The number of carbonyl (C=O) groups is 1. The standard InChI is InChI=1S/C27H30F3N5O2/c1-2-7-19(8-6-11-24(36)34-26(31)12-13-26)23-17-33-25-22(32-15-14-27(28,29)30)16-21(18-35(23)25)37-20-9-4-3-5-10-20/h3-10,16-18,32H,2,11-15,31H2,1H3,(H,34,36). The summed E-state index contributed by atoms with van der Waals surface area (Å²) in [5.74, 6) is 0.873. The molecule has 7 nitrogen and oxygen atoms in total. The Kier molecular flexibility index (Phi) is 7.87. The van der Waals surface area contributed by atoms with Gasteiger partial charge in [0, 0.05) is 19.0 Å². The highest BCUT2D eigenvalue weighted by molar-refractivity contribution is 5.81. The number of hydrogen-bond acceptors (Lipinski definition) is 5. The fourth-order valence-corrected chi connectivity index (χ4v) is 3.78. The van der Waals surface area contributed by atoms with E-state index in [9.17, 15) is 18.0 Å². The van der Waals surface area contributed by atoms with Gasteiger partial charge in [-0.25, -0.2) is 4.98 Å². The minimum absolute atomic E-state index is 0.153. The first-order valence-corrected chi connectivity index (χ1v) is 12.2. The minimum Gasteiger partial charge on any atom is -0.456 e. The van der Waals surface area contributed by atoms with Gasteiger partial charge in [-0.3, -0.25) is 9.20 Å². The van der Waals surface area contributed by atoms with Crippen LogP contribution < -0.4 is 21.1 Å². The molecule has 1 fully saturated rings. The first kappa shape index (κ1) is 26.3. The quantitative estimate of drug-likeness (QED) is 0.223. The number of amides is 1. The van der Waals surface area contributed by atoms with E-state index in [1.807, 2.05) is 37.3 Å². The molecule has 2 heterocycles. The van der Waals surface area contributed by atoms with Crippen LogP contribution >= 0.6 is 0 Å². The molecule has 1 saturated carbocycles. The number of halogens is 3. The van der Waals surface area contributed by atoms with Crippen LogP contribution in [0.25, 0.3) is 11.2 Å². The molecule has 0 atom stereocenters. The van der Waals surface area contributed by atoms with Crippen molar-refractivity contribution in [3.63, 3.8) is 0 Å². The molecule has 10 heteroatoms. The van der Waals surface area contributed by atoms with Gasteiger partial charge in [0.25, 0.3) is 0 Å². The molecule has 0 saturated heterocycles. The molecule has 37 heavy (non-hydrogen) atoms. The fraction of sp³-hybridized carbons (Fsp3) is 0.333. The van der Waals surface area contributed by atoms with E-state index >= 15 is 0 Å². The number of pyridine rings is 1. The van der Waals surface area contributed by atoms with Crippen molar-refractivity contribution in [3.8, 4) is 11.5 Å². The molecule has 0 radical (unpaired) electrons. The highest BCUT2D eigenvalue weighted by Crippen LogP contribution is 2.31. The second-order valence-electron chi connectivity index (χ2n) is 9.01. The van der Waals surface area contributed by atoms with Gasteiger partial charge in [0.1, 0.15) is 11.5 Å².